The number of hydrogen-bond donors (Lipinski definition) is 2. The third kappa shape index (κ3) is 2.48. The Labute approximate surface area is 101 Å². The fourth-order valence-electron chi connectivity index (χ4n) is 1.21. The van der Waals surface area contributed by atoms with Gasteiger partial charge in [0.15, 0.2) is 0 Å². The van der Waals surface area contributed by atoms with Crippen LogP contribution in [0.2, 0.25) is 5.15 Å². The van der Waals surface area contributed by atoms with Gasteiger partial charge >= 0.3 is 0 Å². The number of halogens is 2. The van der Waals surface area contributed by atoms with Crippen molar-refractivity contribution in [3.8, 4) is 0 Å². The predicted octanol–water partition coefficient (Wildman–Crippen LogP) is 1.66. The second-order valence-corrected chi connectivity index (χ2v) is 4.55. The lowest BCUT2D eigenvalue weighted by Gasteiger charge is -2.25. The number of nitrogens with zero attached hydrogens (tertiary/aromatic N) is 1. The van der Waals surface area contributed by atoms with E-state index in [1.807, 2.05) is 0 Å². The maximum Gasteiger partial charge on any atom is 0.230 e. The number of carbonyl (C=O) groups is 1. The highest BCUT2D eigenvalue weighted by atomic mass is 79.9. The molecule has 0 atom stereocenters. The van der Waals surface area contributed by atoms with E-state index >= 15 is 0 Å². The number of pyridine rings is 1. The molecule has 1 fully saturated rings. The number of anilines is 1. The summed E-state index contributed by atoms with van der Waals surface area (Å²) in [5.41, 5.74) is 0.656. The molecule has 1 aromatic rings. The molecule has 4 nitrogen and oxygen atoms in total. The van der Waals surface area contributed by atoms with Gasteiger partial charge in [0.2, 0.25) is 5.91 Å². The Morgan fingerprint density at radius 2 is 2.40 bits per heavy atom. The second-order valence-electron chi connectivity index (χ2n) is 3.34. The van der Waals surface area contributed by atoms with Crippen LogP contribution in [0.15, 0.2) is 16.7 Å². The lowest BCUT2D eigenvalue weighted by atomic mass is 10.0. The average molecular weight is 291 g/mol. The monoisotopic (exact) mass is 289 g/mol. The van der Waals surface area contributed by atoms with Gasteiger partial charge in [0.1, 0.15) is 5.15 Å². The molecule has 15 heavy (non-hydrogen) atoms. The zero-order chi connectivity index (χ0) is 10.8. The molecule has 2 N–H and O–H groups in total. The van der Waals surface area contributed by atoms with Gasteiger partial charge in [-0.15, -0.1) is 0 Å². The van der Waals surface area contributed by atoms with Crippen molar-refractivity contribution in [1.29, 1.82) is 0 Å². The molecule has 1 aliphatic rings. The normalized spacial score (nSPS) is 15.9. The Bertz CT molecular complexity index is 395. The summed E-state index contributed by atoms with van der Waals surface area (Å²) in [6, 6.07) is 1.74. The second kappa shape index (κ2) is 4.47. The first-order valence-electron chi connectivity index (χ1n) is 4.49. The maximum absolute atomic E-state index is 11.6. The van der Waals surface area contributed by atoms with Crippen LogP contribution in [-0.2, 0) is 4.79 Å². The Morgan fingerprint density at radius 3 is 2.93 bits per heavy atom. The fraction of sp³-hybridized carbons (Fsp3) is 0.333. The number of amides is 1. The predicted molar refractivity (Wildman–Crippen MR) is 61.9 cm³/mol. The molecular weight excluding hydrogens is 281 g/mol. The summed E-state index contributed by atoms with van der Waals surface area (Å²) in [7, 11) is 0. The van der Waals surface area contributed by atoms with Gasteiger partial charge < -0.3 is 10.6 Å². The zero-order valence-electron chi connectivity index (χ0n) is 7.76. The number of hydrogen-bond acceptors (Lipinski definition) is 3. The fourth-order valence-corrected chi connectivity index (χ4v) is 1.66. The van der Waals surface area contributed by atoms with Crippen molar-refractivity contribution in [2.75, 3.05) is 18.4 Å². The van der Waals surface area contributed by atoms with Crippen LogP contribution in [0, 0.1) is 5.92 Å². The minimum atomic E-state index is 0.0183. The van der Waals surface area contributed by atoms with E-state index in [4.69, 9.17) is 11.6 Å². The summed E-state index contributed by atoms with van der Waals surface area (Å²) in [5.74, 6) is 0.0872. The first kappa shape index (κ1) is 10.9. The molecule has 6 heteroatoms. The Balaban J connectivity index is 2.03. The molecule has 0 aromatic carbocycles. The summed E-state index contributed by atoms with van der Waals surface area (Å²) in [6.07, 6.45) is 1.54. The van der Waals surface area contributed by atoms with Gasteiger partial charge in [0, 0.05) is 13.1 Å². The molecular formula is C9H9BrClN3O. The van der Waals surface area contributed by atoms with Gasteiger partial charge in [-0.05, 0) is 22.0 Å². The summed E-state index contributed by atoms with van der Waals surface area (Å²) >= 11 is 8.98. The first-order chi connectivity index (χ1) is 7.16. The average Bonchev–Trinajstić information content (AvgIpc) is 2.08. The molecule has 0 saturated carbocycles. The van der Waals surface area contributed by atoms with Crippen molar-refractivity contribution in [2.45, 2.75) is 0 Å². The van der Waals surface area contributed by atoms with E-state index in [-0.39, 0.29) is 11.8 Å². The molecule has 0 spiro atoms. The van der Waals surface area contributed by atoms with Crippen molar-refractivity contribution in [3.05, 3.63) is 21.9 Å². The SMILES string of the molecule is O=C(Nc1cnc(Cl)c(Br)c1)C1CNC1. The Morgan fingerprint density at radius 1 is 1.67 bits per heavy atom. The smallest absolute Gasteiger partial charge is 0.230 e. The van der Waals surface area contributed by atoms with Crippen LogP contribution in [0.25, 0.3) is 0 Å². The summed E-state index contributed by atoms with van der Waals surface area (Å²) in [6.45, 7) is 1.49. The van der Waals surface area contributed by atoms with Gasteiger partial charge in [-0.25, -0.2) is 4.98 Å². The zero-order valence-corrected chi connectivity index (χ0v) is 10.1. The van der Waals surface area contributed by atoms with E-state index in [1.165, 1.54) is 6.20 Å². The summed E-state index contributed by atoms with van der Waals surface area (Å²) < 4.78 is 0.675. The van der Waals surface area contributed by atoms with Gasteiger partial charge in [0.05, 0.1) is 22.3 Å². The van der Waals surface area contributed by atoms with Gasteiger partial charge in [0.25, 0.3) is 0 Å². The Hall–Kier alpha value is -0.650. The minimum absolute atomic E-state index is 0.0183. The van der Waals surface area contributed by atoms with Crippen LogP contribution in [-0.4, -0.2) is 24.0 Å². The van der Waals surface area contributed by atoms with Crippen LogP contribution in [0.1, 0.15) is 0 Å². The topological polar surface area (TPSA) is 54.0 Å². The highest BCUT2D eigenvalue weighted by molar-refractivity contribution is 9.10. The van der Waals surface area contributed by atoms with Crippen molar-refractivity contribution >= 4 is 39.1 Å². The molecule has 80 valence electrons. The van der Waals surface area contributed by atoms with Gasteiger partial charge in [-0.2, -0.15) is 0 Å². The minimum Gasteiger partial charge on any atom is -0.324 e. The standard InChI is InChI=1S/C9H9BrClN3O/c10-7-1-6(4-13-8(7)11)14-9(15)5-2-12-3-5/h1,4-5,12H,2-3H2,(H,14,15). The van der Waals surface area contributed by atoms with E-state index in [0.29, 0.717) is 15.3 Å². The molecule has 1 aromatic heterocycles. The van der Waals surface area contributed by atoms with E-state index in [0.717, 1.165) is 13.1 Å². The van der Waals surface area contributed by atoms with E-state index in [1.54, 1.807) is 6.07 Å². The van der Waals surface area contributed by atoms with E-state index in [2.05, 4.69) is 31.5 Å². The number of carbonyl (C=O) groups excluding carboxylic acids is 1. The molecule has 1 aliphatic heterocycles. The third-order valence-corrected chi connectivity index (χ3v) is 3.35. The van der Waals surface area contributed by atoms with Crippen LogP contribution >= 0.6 is 27.5 Å². The summed E-state index contributed by atoms with van der Waals surface area (Å²) in [4.78, 5) is 15.5. The quantitative estimate of drug-likeness (QED) is 0.815. The number of nitrogens with one attached hydrogen (secondary N) is 2. The number of rotatable bonds is 2. The van der Waals surface area contributed by atoms with Crippen molar-refractivity contribution in [2.24, 2.45) is 5.92 Å². The molecule has 1 amide bonds. The summed E-state index contributed by atoms with van der Waals surface area (Å²) in [5, 5.41) is 6.21. The third-order valence-electron chi connectivity index (χ3n) is 2.22. The van der Waals surface area contributed by atoms with Crippen molar-refractivity contribution in [1.82, 2.24) is 10.3 Å². The molecule has 0 aliphatic carbocycles. The lowest BCUT2D eigenvalue weighted by molar-refractivity contribution is -0.121. The van der Waals surface area contributed by atoms with Crippen LogP contribution in [0.3, 0.4) is 0 Å². The maximum atomic E-state index is 11.6. The highest BCUT2D eigenvalue weighted by Crippen LogP contribution is 2.23. The molecule has 2 rings (SSSR count). The lowest BCUT2D eigenvalue weighted by Crippen LogP contribution is -2.48. The first-order valence-corrected chi connectivity index (χ1v) is 5.66. The molecule has 0 radical (unpaired) electrons. The van der Waals surface area contributed by atoms with Crippen molar-refractivity contribution < 1.29 is 4.79 Å². The van der Waals surface area contributed by atoms with E-state index in [9.17, 15) is 4.79 Å². The van der Waals surface area contributed by atoms with Crippen LogP contribution in [0.5, 0.6) is 0 Å². The van der Waals surface area contributed by atoms with Crippen LogP contribution in [0.4, 0.5) is 5.69 Å². The highest BCUT2D eigenvalue weighted by Gasteiger charge is 2.24. The largest absolute Gasteiger partial charge is 0.324 e. The van der Waals surface area contributed by atoms with Gasteiger partial charge in [-0.1, -0.05) is 11.6 Å². The van der Waals surface area contributed by atoms with Gasteiger partial charge in [-0.3, -0.25) is 4.79 Å². The Kier molecular flexibility index (Phi) is 3.23. The molecule has 1 saturated heterocycles. The van der Waals surface area contributed by atoms with E-state index < -0.39 is 0 Å². The molecule has 2 heterocycles. The molecule has 0 unspecified atom stereocenters. The number of aromatic nitrogens is 1. The van der Waals surface area contributed by atoms with Crippen LogP contribution < -0.4 is 10.6 Å². The molecule has 0 bridgehead atoms. The van der Waals surface area contributed by atoms with Crippen molar-refractivity contribution in [3.63, 3.8) is 0 Å².